The molecule has 0 aromatic rings. The summed E-state index contributed by atoms with van der Waals surface area (Å²) in [4.78, 5) is 10.7. The Labute approximate surface area is 110 Å². The summed E-state index contributed by atoms with van der Waals surface area (Å²) < 4.78 is 11.1. The molecule has 0 aromatic carbocycles. The minimum atomic E-state index is -0.855. The third kappa shape index (κ3) is 5.36. The third-order valence-electron chi connectivity index (χ3n) is 3.58. The predicted octanol–water partition coefficient (Wildman–Crippen LogP) is 2.85. The van der Waals surface area contributed by atoms with Crippen LogP contribution in [0.5, 0.6) is 0 Å². The summed E-state index contributed by atoms with van der Waals surface area (Å²) >= 11 is 0. The fourth-order valence-electron chi connectivity index (χ4n) is 2.27. The first-order chi connectivity index (χ1) is 8.67. The molecule has 0 radical (unpaired) electrons. The van der Waals surface area contributed by atoms with Crippen LogP contribution in [-0.4, -0.2) is 36.5 Å². The number of rotatable bonds is 9. The van der Waals surface area contributed by atoms with E-state index in [-0.39, 0.29) is 6.10 Å². The molecule has 1 N–H and O–H groups in total. The summed E-state index contributed by atoms with van der Waals surface area (Å²) in [6, 6.07) is 0. The van der Waals surface area contributed by atoms with E-state index in [1.807, 2.05) is 0 Å². The molecule has 0 spiro atoms. The summed E-state index contributed by atoms with van der Waals surface area (Å²) in [6.45, 7) is 5.70. The summed E-state index contributed by atoms with van der Waals surface area (Å²) in [6.07, 6.45) is 5.58. The van der Waals surface area contributed by atoms with Crippen LogP contribution in [-0.2, 0) is 14.3 Å². The number of hydrogen-bond donors (Lipinski definition) is 1. The number of aliphatic carboxylic acids is 1. The average Bonchev–Trinajstić information content (AvgIpc) is 2.82. The van der Waals surface area contributed by atoms with E-state index in [0.29, 0.717) is 18.9 Å². The highest BCUT2D eigenvalue weighted by atomic mass is 16.6. The molecule has 0 bridgehead atoms. The summed E-state index contributed by atoms with van der Waals surface area (Å²) in [5.74, 6) is -0.228. The lowest BCUT2D eigenvalue weighted by Gasteiger charge is -2.17. The molecule has 4 heteroatoms. The number of hydrogen-bond acceptors (Lipinski definition) is 3. The molecule has 1 rings (SSSR count). The molecule has 106 valence electrons. The minimum Gasteiger partial charge on any atom is -0.479 e. The molecular formula is C14H26O4. The monoisotopic (exact) mass is 258 g/mol. The molecule has 1 aliphatic heterocycles. The van der Waals surface area contributed by atoms with Gasteiger partial charge in [0.25, 0.3) is 0 Å². The van der Waals surface area contributed by atoms with Gasteiger partial charge in [-0.3, -0.25) is 0 Å². The van der Waals surface area contributed by atoms with Crippen LogP contribution in [0.25, 0.3) is 0 Å². The molecule has 3 unspecified atom stereocenters. The number of carboxylic acids is 1. The Hall–Kier alpha value is -0.610. The van der Waals surface area contributed by atoms with Crippen molar-refractivity contribution >= 4 is 5.97 Å². The van der Waals surface area contributed by atoms with Crippen molar-refractivity contribution in [2.75, 3.05) is 13.2 Å². The second kappa shape index (κ2) is 8.48. The lowest BCUT2D eigenvalue weighted by Crippen LogP contribution is -2.23. The van der Waals surface area contributed by atoms with E-state index in [2.05, 4.69) is 13.8 Å². The topological polar surface area (TPSA) is 55.8 Å². The Morgan fingerprint density at radius 2 is 2.22 bits per heavy atom. The van der Waals surface area contributed by atoms with Gasteiger partial charge in [0.05, 0.1) is 12.7 Å². The van der Waals surface area contributed by atoms with E-state index in [0.717, 1.165) is 19.4 Å². The van der Waals surface area contributed by atoms with Gasteiger partial charge in [-0.15, -0.1) is 0 Å². The maximum absolute atomic E-state index is 10.7. The SMILES string of the molecule is CCCCC(CC)COCC1CCC(C(=O)O)O1. The number of ether oxygens (including phenoxy) is 2. The van der Waals surface area contributed by atoms with E-state index in [1.165, 1.54) is 19.3 Å². The molecule has 18 heavy (non-hydrogen) atoms. The lowest BCUT2D eigenvalue weighted by molar-refractivity contribution is -0.150. The average molecular weight is 258 g/mol. The summed E-state index contributed by atoms with van der Waals surface area (Å²) in [5, 5.41) is 8.81. The van der Waals surface area contributed by atoms with E-state index in [4.69, 9.17) is 14.6 Å². The van der Waals surface area contributed by atoms with Crippen molar-refractivity contribution in [3.63, 3.8) is 0 Å². The van der Waals surface area contributed by atoms with Crippen LogP contribution in [0.2, 0.25) is 0 Å². The second-order valence-corrected chi connectivity index (χ2v) is 5.12. The Morgan fingerprint density at radius 3 is 2.78 bits per heavy atom. The number of carboxylic acid groups (broad SMARTS) is 1. The van der Waals surface area contributed by atoms with E-state index < -0.39 is 12.1 Å². The van der Waals surface area contributed by atoms with Gasteiger partial charge in [-0.25, -0.2) is 4.79 Å². The lowest BCUT2D eigenvalue weighted by atomic mass is 10.0. The van der Waals surface area contributed by atoms with E-state index in [9.17, 15) is 4.79 Å². The number of unbranched alkanes of at least 4 members (excludes halogenated alkanes) is 1. The first kappa shape index (κ1) is 15.4. The van der Waals surface area contributed by atoms with Gasteiger partial charge in [0.2, 0.25) is 0 Å². The highest BCUT2D eigenvalue weighted by Crippen LogP contribution is 2.21. The van der Waals surface area contributed by atoms with Gasteiger partial charge in [0.1, 0.15) is 0 Å². The molecule has 1 saturated heterocycles. The van der Waals surface area contributed by atoms with Gasteiger partial charge in [-0.2, -0.15) is 0 Å². The van der Waals surface area contributed by atoms with Crippen molar-refractivity contribution in [3.05, 3.63) is 0 Å². The maximum atomic E-state index is 10.7. The molecule has 4 nitrogen and oxygen atoms in total. The normalized spacial score (nSPS) is 25.2. The molecule has 0 saturated carbocycles. The Kier molecular flexibility index (Phi) is 7.28. The fraction of sp³-hybridized carbons (Fsp3) is 0.929. The zero-order valence-corrected chi connectivity index (χ0v) is 11.6. The first-order valence-corrected chi connectivity index (χ1v) is 7.13. The van der Waals surface area contributed by atoms with Gasteiger partial charge in [0.15, 0.2) is 6.10 Å². The number of carbonyl (C=O) groups is 1. The van der Waals surface area contributed by atoms with Gasteiger partial charge < -0.3 is 14.6 Å². The van der Waals surface area contributed by atoms with Crippen LogP contribution in [0.15, 0.2) is 0 Å². The van der Waals surface area contributed by atoms with Crippen LogP contribution in [0.4, 0.5) is 0 Å². The highest BCUT2D eigenvalue weighted by Gasteiger charge is 2.30. The third-order valence-corrected chi connectivity index (χ3v) is 3.58. The van der Waals surface area contributed by atoms with Gasteiger partial charge in [0, 0.05) is 6.61 Å². The smallest absolute Gasteiger partial charge is 0.332 e. The fourth-order valence-corrected chi connectivity index (χ4v) is 2.27. The van der Waals surface area contributed by atoms with E-state index in [1.54, 1.807) is 0 Å². The van der Waals surface area contributed by atoms with Crippen molar-refractivity contribution in [2.45, 2.75) is 64.6 Å². The molecule has 3 atom stereocenters. The summed E-state index contributed by atoms with van der Waals surface area (Å²) in [5.41, 5.74) is 0. The van der Waals surface area contributed by atoms with Crippen LogP contribution < -0.4 is 0 Å². The largest absolute Gasteiger partial charge is 0.479 e. The Morgan fingerprint density at radius 1 is 1.44 bits per heavy atom. The van der Waals surface area contributed by atoms with Gasteiger partial charge >= 0.3 is 5.97 Å². The molecule has 0 aliphatic carbocycles. The molecule has 0 aromatic heterocycles. The molecule has 0 amide bonds. The van der Waals surface area contributed by atoms with Crippen molar-refractivity contribution in [2.24, 2.45) is 5.92 Å². The highest BCUT2D eigenvalue weighted by molar-refractivity contribution is 5.72. The predicted molar refractivity (Wildman–Crippen MR) is 69.7 cm³/mol. The zero-order chi connectivity index (χ0) is 13.4. The van der Waals surface area contributed by atoms with E-state index >= 15 is 0 Å². The molecule has 1 heterocycles. The van der Waals surface area contributed by atoms with Gasteiger partial charge in [-0.05, 0) is 25.2 Å². The van der Waals surface area contributed by atoms with Crippen molar-refractivity contribution in [1.29, 1.82) is 0 Å². The summed E-state index contributed by atoms with van der Waals surface area (Å²) in [7, 11) is 0. The molecule has 1 fully saturated rings. The van der Waals surface area contributed by atoms with Crippen LogP contribution in [0.3, 0.4) is 0 Å². The molecule has 1 aliphatic rings. The molecular weight excluding hydrogens is 232 g/mol. The van der Waals surface area contributed by atoms with Crippen LogP contribution >= 0.6 is 0 Å². The maximum Gasteiger partial charge on any atom is 0.332 e. The first-order valence-electron chi connectivity index (χ1n) is 7.13. The zero-order valence-electron chi connectivity index (χ0n) is 11.6. The standard InChI is InChI=1S/C14H26O4/c1-3-5-6-11(4-2)9-17-10-12-7-8-13(18-12)14(15)16/h11-13H,3-10H2,1-2H3,(H,15,16). The van der Waals surface area contributed by atoms with Crippen molar-refractivity contribution in [3.8, 4) is 0 Å². The second-order valence-electron chi connectivity index (χ2n) is 5.12. The Balaban J connectivity index is 2.12. The van der Waals surface area contributed by atoms with Crippen molar-refractivity contribution in [1.82, 2.24) is 0 Å². The quantitative estimate of drug-likeness (QED) is 0.691. The Bertz CT molecular complexity index is 242. The van der Waals surface area contributed by atoms with Crippen LogP contribution in [0.1, 0.15) is 52.4 Å². The van der Waals surface area contributed by atoms with Crippen molar-refractivity contribution < 1.29 is 19.4 Å². The van der Waals surface area contributed by atoms with Gasteiger partial charge in [-0.1, -0.05) is 33.1 Å². The van der Waals surface area contributed by atoms with Crippen LogP contribution in [0, 0.1) is 5.92 Å². The minimum absolute atomic E-state index is 0.0326.